The van der Waals surface area contributed by atoms with E-state index < -0.39 is 0 Å². The summed E-state index contributed by atoms with van der Waals surface area (Å²) >= 11 is 3.46. The lowest BCUT2D eigenvalue weighted by molar-refractivity contribution is -0.133. The Morgan fingerprint density at radius 3 is 2.56 bits per heavy atom. The summed E-state index contributed by atoms with van der Waals surface area (Å²) in [5.74, 6) is -0.603. The van der Waals surface area contributed by atoms with E-state index in [0.29, 0.717) is 25.3 Å². The molecular weight excluding hydrogens is 472 g/mol. The van der Waals surface area contributed by atoms with Crippen molar-refractivity contribution < 1.29 is 14.4 Å². The SMILES string of the molecule is C=CC(=O)N1CC(NC(=O)Cn2c(C(=O)NCc3ccccc3)cc3cc(Br)ccc32)C1. The molecule has 164 valence electrons. The van der Waals surface area contributed by atoms with Gasteiger partial charge in [0, 0.05) is 35.0 Å². The molecule has 2 N–H and O–H groups in total. The van der Waals surface area contributed by atoms with Crippen LogP contribution in [0.15, 0.2) is 71.7 Å². The normalized spacial score (nSPS) is 13.5. The maximum atomic E-state index is 13.0. The zero-order valence-electron chi connectivity index (χ0n) is 17.4. The molecule has 4 rings (SSSR count). The van der Waals surface area contributed by atoms with Crippen molar-refractivity contribution in [1.29, 1.82) is 0 Å². The number of benzene rings is 2. The van der Waals surface area contributed by atoms with Crippen LogP contribution in [-0.4, -0.2) is 46.3 Å². The van der Waals surface area contributed by atoms with Crippen LogP contribution < -0.4 is 10.6 Å². The lowest BCUT2D eigenvalue weighted by Crippen LogP contribution is -2.61. The molecule has 1 aromatic heterocycles. The van der Waals surface area contributed by atoms with Gasteiger partial charge in [0.05, 0.1) is 6.04 Å². The summed E-state index contributed by atoms with van der Waals surface area (Å²) in [6, 6.07) is 17.0. The zero-order valence-corrected chi connectivity index (χ0v) is 19.0. The Morgan fingerprint density at radius 2 is 1.84 bits per heavy atom. The number of aromatic nitrogens is 1. The number of nitrogens with zero attached hydrogens (tertiary/aromatic N) is 2. The maximum Gasteiger partial charge on any atom is 0.268 e. The first-order chi connectivity index (χ1) is 15.4. The molecule has 0 aliphatic carbocycles. The summed E-state index contributed by atoms with van der Waals surface area (Å²) < 4.78 is 2.62. The second-order valence-electron chi connectivity index (χ2n) is 7.70. The van der Waals surface area contributed by atoms with Crippen LogP contribution in [0.3, 0.4) is 0 Å². The molecule has 1 fully saturated rings. The van der Waals surface area contributed by atoms with Crippen molar-refractivity contribution in [2.45, 2.75) is 19.1 Å². The Labute approximate surface area is 194 Å². The zero-order chi connectivity index (χ0) is 22.7. The maximum absolute atomic E-state index is 13.0. The van der Waals surface area contributed by atoms with Gasteiger partial charge in [-0.05, 0) is 35.9 Å². The van der Waals surface area contributed by atoms with E-state index in [9.17, 15) is 14.4 Å². The van der Waals surface area contributed by atoms with E-state index in [2.05, 4.69) is 33.1 Å². The number of likely N-dealkylation sites (tertiary alicyclic amines) is 1. The van der Waals surface area contributed by atoms with E-state index in [0.717, 1.165) is 20.9 Å². The van der Waals surface area contributed by atoms with Gasteiger partial charge in [-0.25, -0.2) is 0 Å². The number of hydrogen-bond acceptors (Lipinski definition) is 3. The molecule has 2 heterocycles. The lowest BCUT2D eigenvalue weighted by Gasteiger charge is -2.38. The van der Waals surface area contributed by atoms with E-state index in [-0.39, 0.29) is 30.3 Å². The second kappa shape index (κ2) is 9.40. The van der Waals surface area contributed by atoms with E-state index in [4.69, 9.17) is 0 Å². The van der Waals surface area contributed by atoms with Crippen LogP contribution in [0.1, 0.15) is 16.1 Å². The van der Waals surface area contributed by atoms with Gasteiger partial charge in [-0.2, -0.15) is 0 Å². The van der Waals surface area contributed by atoms with Gasteiger partial charge in [-0.1, -0.05) is 52.8 Å². The summed E-state index contributed by atoms with van der Waals surface area (Å²) in [7, 11) is 0. The predicted octanol–water partition coefficient (Wildman–Crippen LogP) is 2.85. The van der Waals surface area contributed by atoms with Crippen LogP contribution in [0.4, 0.5) is 0 Å². The second-order valence-corrected chi connectivity index (χ2v) is 8.61. The number of rotatable bonds is 7. The number of carbonyl (C=O) groups excluding carboxylic acids is 3. The van der Waals surface area contributed by atoms with Crippen LogP contribution in [0.25, 0.3) is 10.9 Å². The fourth-order valence-corrected chi connectivity index (χ4v) is 4.14. The Morgan fingerprint density at radius 1 is 1.09 bits per heavy atom. The fraction of sp³-hybridized carbons (Fsp3) is 0.208. The van der Waals surface area contributed by atoms with Gasteiger partial charge < -0.3 is 20.1 Å². The van der Waals surface area contributed by atoms with Crippen molar-refractivity contribution in [3.63, 3.8) is 0 Å². The first-order valence-corrected chi connectivity index (χ1v) is 11.1. The van der Waals surface area contributed by atoms with Crippen molar-refractivity contribution in [2.75, 3.05) is 13.1 Å². The Kier molecular flexibility index (Phi) is 6.41. The first-order valence-electron chi connectivity index (χ1n) is 10.3. The highest BCUT2D eigenvalue weighted by Crippen LogP contribution is 2.24. The Balaban J connectivity index is 1.49. The number of nitrogens with one attached hydrogen (secondary N) is 2. The Bertz CT molecular complexity index is 1180. The summed E-state index contributed by atoms with van der Waals surface area (Å²) in [5.41, 5.74) is 2.21. The highest BCUT2D eigenvalue weighted by Gasteiger charge is 2.30. The van der Waals surface area contributed by atoms with Crippen molar-refractivity contribution in [1.82, 2.24) is 20.1 Å². The minimum Gasteiger partial charge on any atom is -0.348 e. The number of amides is 3. The third-order valence-electron chi connectivity index (χ3n) is 5.43. The standard InChI is InChI=1S/C24H23BrN4O3/c1-2-23(31)28-13-19(14-28)27-22(30)15-29-20-9-8-18(25)10-17(20)11-21(29)24(32)26-12-16-6-4-3-5-7-16/h2-11,19H,1,12-15H2,(H,26,32)(H,27,30). The van der Waals surface area contributed by atoms with Crippen LogP contribution in [-0.2, 0) is 22.7 Å². The average Bonchev–Trinajstić information content (AvgIpc) is 3.11. The topological polar surface area (TPSA) is 83.4 Å². The average molecular weight is 495 g/mol. The first kappa shape index (κ1) is 21.8. The van der Waals surface area contributed by atoms with Crippen LogP contribution in [0.5, 0.6) is 0 Å². The smallest absolute Gasteiger partial charge is 0.268 e. The number of carbonyl (C=O) groups is 3. The highest BCUT2D eigenvalue weighted by molar-refractivity contribution is 9.10. The molecule has 3 aromatic rings. The molecule has 0 atom stereocenters. The molecule has 0 radical (unpaired) electrons. The molecule has 7 nitrogen and oxygen atoms in total. The van der Waals surface area contributed by atoms with E-state index in [1.165, 1.54) is 6.08 Å². The molecule has 8 heteroatoms. The molecule has 2 aromatic carbocycles. The summed E-state index contributed by atoms with van der Waals surface area (Å²) in [4.78, 5) is 38.9. The summed E-state index contributed by atoms with van der Waals surface area (Å²) in [5, 5.41) is 6.73. The van der Waals surface area contributed by atoms with Gasteiger partial charge in [0.15, 0.2) is 0 Å². The quantitative estimate of drug-likeness (QED) is 0.495. The lowest BCUT2D eigenvalue weighted by atomic mass is 10.1. The van der Waals surface area contributed by atoms with Gasteiger partial charge in [0.1, 0.15) is 12.2 Å². The van der Waals surface area contributed by atoms with Gasteiger partial charge in [-0.15, -0.1) is 0 Å². The van der Waals surface area contributed by atoms with Crippen LogP contribution >= 0.6 is 15.9 Å². The van der Waals surface area contributed by atoms with E-state index >= 15 is 0 Å². The van der Waals surface area contributed by atoms with Crippen molar-refractivity contribution in [2.24, 2.45) is 0 Å². The largest absolute Gasteiger partial charge is 0.348 e. The molecule has 1 aliphatic heterocycles. The molecule has 1 saturated heterocycles. The number of fused-ring (bicyclic) bond motifs is 1. The minimum absolute atomic E-state index is 0.00509. The molecule has 32 heavy (non-hydrogen) atoms. The summed E-state index contributed by atoms with van der Waals surface area (Å²) in [6.45, 7) is 4.79. The van der Waals surface area contributed by atoms with Gasteiger partial charge in [0.2, 0.25) is 11.8 Å². The van der Waals surface area contributed by atoms with Crippen molar-refractivity contribution in [3.05, 3.63) is 83.0 Å². The monoisotopic (exact) mass is 494 g/mol. The molecule has 0 bridgehead atoms. The van der Waals surface area contributed by atoms with Crippen LogP contribution in [0, 0.1) is 0 Å². The highest BCUT2D eigenvalue weighted by atomic mass is 79.9. The Hall–Kier alpha value is -3.39. The van der Waals surface area contributed by atoms with E-state index in [1.54, 1.807) is 15.5 Å². The third-order valence-corrected chi connectivity index (χ3v) is 5.92. The van der Waals surface area contributed by atoms with Gasteiger partial charge in [0.25, 0.3) is 5.91 Å². The number of halogens is 1. The molecule has 0 spiro atoms. The molecule has 0 unspecified atom stereocenters. The van der Waals surface area contributed by atoms with Crippen molar-refractivity contribution >= 4 is 44.6 Å². The van der Waals surface area contributed by atoms with Crippen LogP contribution in [0.2, 0.25) is 0 Å². The molecular formula is C24H23BrN4O3. The van der Waals surface area contributed by atoms with Gasteiger partial charge in [-0.3, -0.25) is 14.4 Å². The summed E-state index contributed by atoms with van der Waals surface area (Å²) in [6.07, 6.45) is 1.27. The molecule has 0 saturated carbocycles. The third kappa shape index (κ3) is 4.75. The van der Waals surface area contributed by atoms with E-state index in [1.807, 2.05) is 48.5 Å². The van der Waals surface area contributed by atoms with Crippen molar-refractivity contribution in [3.8, 4) is 0 Å². The minimum atomic E-state index is -0.250. The molecule has 3 amide bonds. The molecule has 1 aliphatic rings. The van der Waals surface area contributed by atoms with Gasteiger partial charge >= 0.3 is 0 Å². The predicted molar refractivity (Wildman–Crippen MR) is 126 cm³/mol. The fourth-order valence-electron chi connectivity index (χ4n) is 3.76. The number of hydrogen-bond donors (Lipinski definition) is 2.